The van der Waals surface area contributed by atoms with Gasteiger partial charge in [0.2, 0.25) is 0 Å². The van der Waals surface area contributed by atoms with E-state index in [0.29, 0.717) is 11.5 Å². The van der Waals surface area contributed by atoms with E-state index in [2.05, 4.69) is 26.0 Å². The summed E-state index contributed by atoms with van der Waals surface area (Å²) < 4.78 is 0. The van der Waals surface area contributed by atoms with Crippen LogP contribution in [-0.4, -0.2) is 19.9 Å². The molecule has 1 aliphatic carbocycles. The minimum absolute atomic E-state index is 0.553. The monoisotopic (exact) mass is 287 g/mol. The Morgan fingerprint density at radius 1 is 1.23 bits per heavy atom. The van der Waals surface area contributed by atoms with Crippen LogP contribution in [0, 0.1) is 17.2 Å². The molecule has 5 heteroatoms. The lowest BCUT2D eigenvalue weighted by molar-refractivity contribution is 1.12. The van der Waals surface area contributed by atoms with E-state index in [9.17, 15) is 5.26 Å². The fourth-order valence-electron chi connectivity index (χ4n) is 2.47. The molecule has 106 valence electrons. The van der Waals surface area contributed by atoms with Crippen molar-refractivity contribution in [1.82, 2.24) is 19.9 Å². The van der Waals surface area contributed by atoms with Crippen LogP contribution >= 0.6 is 0 Å². The van der Waals surface area contributed by atoms with Gasteiger partial charge in [-0.3, -0.25) is 4.98 Å². The van der Waals surface area contributed by atoms with Gasteiger partial charge in [-0.2, -0.15) is 5.26 Å². The van der Waals surface area contributed by atoms with Crippen molar-refractivity contribution >= 4 is 16.6 Å². The number of pyridine rings is 1. The van der Waals surface area contributed by atoms with Gasteiger partial charge in [-0.05, 0) is 37.0 Å². The van der Waals surface area contributed by atoms with E-state index in [0.717, 1.165) is 28.0 Å². The number of nitriles is 1. The van der Waals surface area contributed by atoms with E-state index < -0.39 is 0 Å². The summed E-state index contributed by atoms with van der Waals surface area (Å²) >= 11 is 0. The Bertz CT molecular complexity index is 895. The van der Waals surface area contributed by atoms with Crippen LogP contribution in [0.5, 0.6) is 0 Å². The summed E-state index contributed by atoms with van der Waals surface area (Å²) in [5.41, 5.74) is 3.94. The Morgan fingerprint density at radius 3 is 2.86 bits per heavy atom. The zero-order valence-electron chi connectivity index (χ0n) is 11.8. The highest BCUT2D eigenvalue weighted by Crippen LogP contribution is 2.33. The van der Waals surface area contributed by atoms with Gasteiger partial charge in [0.25, 0.3) is 0 Å². The van der Waals surface area contributed by atoms with Crippen molar-refractivity contribution in [3.05, 3.63) is 48.7 Å². The van der Waals surface area contributed by atoms with E-state index in [1.807, 2.05) is 30.5 Å². The Hall–Kier alpha value is -3.00. The molecule has 0 spiro atoms. The van der Waals surface area contributed by atoms with Crippen molar-refractivity contribution < 1.29 is 0 Å². The topological polar surface area (TPSA) is 78.2 Å². The van der Waals surface area contributed by atoms with Crippen molar-refractivity contribution in [3.8, 4) is 17.3 Å². The molecule has 3 aromatic heterocycles. The molecular weight excluding hydrogens is 274 g/mol. The summed E-state index contributed by atoms with van der Waals surface area (Å²) in [7, 11) is 0. The van der Waals surface area contributed by atoms with Crippen LogP contribution in [0.1, 0.15) is 18.5 Å². The molecule has 3 aromatic rings. The molecular formula is C17H13N5. The first-order valence-electron chi connectivity index (χ1n) is 7.22. The Labute approximate surface area is 127 Å². The highest BCUT2D eigenvalue weighted by atomic mass is 14.9. The minimum Gasteiger partial charge on any atom is -0.346 e. The number of nitrogens with one attached hydrogen (secondary N) is 1. The molecule has 3 heterocycles. The molecule has 0 bridgehead atoms. The summed E-state index contributed by atoms with van der Waals surface area (Å²) in [4.78, 5) is 16.0. The maximum Gasteiger partial charge on any atom is 0.141 e. The third kappa shape index (κ3) is 2.25. The molecule has 1 saturated carbocycles. The van der Waals surface area contributed by atoms with E-state index in [4.69, 9.17) is 0 Å². The van der Waals surface area contributed by atoms with Crippen LogP contribution in [0.25, 0.3) is 27.9 Å². The number of fused-ring (bicyclic) bond motifs is 1. The van der Waals surface area contributed by atoms with Crippen LogP contribution < -0.4 is 0 Å². The highest BCUT2D eigenvalue weighted by molar-refractivity contribution is 5.90. The quantitative estimate of drug-likeness (QED) is 0.749. The summed E-state index contributed by atoms with van der Waals surface area (Å²) in [5.74, 6) is 0.553. The lowest BCUT2D eigenvalue weighted by atomic mass is 10.1. The normalized spacial score (nSPS) is 15.0. The van der Waals surface area contributed by atoms with Gasteiger partial charge >= 0.3 is 0 Å². The van der Waals surface area contributed by atoms with Crippen LogP contribution in [0.15, 0.2) is 43.0 Å². The molecule has 1 N–H and O–H groups in total. The third-order valence-electron chi connectivity index (χ3n) is 3.81. The van der Waals surface area contributed by atoms with Crippen molar-refractivity contribution in [1.29, 1.82) is 5.26 Å². The first kappa shape index (κ1) is 12.7. The standard InChI is InChI=1S/C17H13N5/c18-8-13(7-11-1-2-11)15-4-3-12(9-20-15)16-14-5-6-19-17(14)22-10-21-16/h3-7,9-11H,1-2H2,(H,19,21,22)/b13-7+. The molecule has 1 fully saturated rings. The van der Waals surface area contributed by atoms with Gasteiger partial charge in [0.1, 0.15) is 18.0 Å². The predicted octanol–water partition coefficient (Wildman–Crippen LogP) is 3.34. The average Bonchev–Trinajstić information content (AvgIpc) is 3.26. The molecule has 1 aliphatic rings. The number of allylic oxidation sites excluding steroid dienone is 2. The van der Waals surface area contributed by atoms with Gasteiger partial charge < -0.3 is 4.98 Å². The number of H-pyrrole nitrogens is 1. The molecule has 4 rings (SSSR count). The zero-order valence-corrected chi connectivity index (χ0v) is 11.8. The lowest BCUT2D eigenvalue weighted by Crippen LogP contribution is -1.91. The number of nitrogens with zero attached hydrogens (tertiary/aromatic N) is 4. The van der Waals surface area contributed by atoms with Crippen LogP contribution in [-0.2, 0) is 0 Å². The predicted molar refractivity (Wildman–Crippen MR) is 83.4 cm³/mol. The Kier molecular flexibility index (Phi) is 2.94. The van der Waals surface area contributed by atoms with Crippen LogP contribution in [0.4, 0.5) is 0 Å². The number of hydrogen-bond acceptors (Lipinski definition) is 4. The number of hydrogen-bond donors (Lipinski definition) is 1. The van der Waals surface area contributed by atoms with Gasteiger partial charge in [-0.25, -0.2) is 9.97 Å². The fraction of sp³-hybridized carbons (Fsp3) is 0.176. The molecule has 22 heavy (non-hydrogen) atoms. The first-order chi connectivity index (χ1) is 10.8. The molecule has 0 aromatic carbocycles. The molecule has 0 atom stereocenters. The summed E-state index contributed by atoms with van der Waals surface area (Å²) in [5, 5.41) is 10.2. The van der Waals surface area contributed by atoms with Crippen molar-refractivity contribution in [2.75, 3.05) is 0 Å². The van der Waals surface area contributed by atoms with Gasteiger partial charge in [0.15, 0.2) is 0 Å². The second-order valence-electron chi connectivity index (χ2n) is 5.42. The van der Waals surface area contributed by atoms with Crippen LogP contribution in [0.2, 0.25) is 0 Å². The van der Waals surface area contributed by atoms with Gasteiger partial charge in [0, 0.05) is 23.3 Å². The third-order valence-corrected chi connectivity index (χ3v) is 3.81. The van der Waals surface area contributed by atoms with Crippen LogP contribution in [0.3, 0.4) is 0 Å². The molecule has 0 saturated heterocycles. The maximum atomic E-state index is 9.27. The SMILES string of the molecule is N#C/C(=C\C1CC1)c1ccc(-c2ncnc3[nH]ccc23)cn1. The van der Waals surface area contributed by atoms with Gasteiger partial charge in [-0.1, -0.05) is 6.08 Å². The number of aromatic nitrogens is 4. The second-order valence-corrected chi connectivity index (χ2v) is 5.42. The van der Waals surface area contributed by atoms with Crippen molar-refractivity contribution in [2.45, 2.75) is 12.8 Å². The Morgan fingerprint density at radius 2 is 2.14 bits per heavy atom. The first-order valence-corrected chi connectivity index (χ1v) is 7.22. The minimum atomic E-state index is 0.553. The van der Waals surface area contributed by atoms with E-state index in [1.165, 1.54) is 19.2 Å². The number of aromatic amines is 1. The fourth-order valence-corrected chi connectivity index (χ4v) is 2.47. The number of rotatable bonds is 3. The molecule has 0 radical (unpaired) electrons. The lowest BCUT2D eigenvalue weighted by Gasteiger charge is -2.03. The highest BCUT2D eigenvalue weighted by Gasteiger charge is 2.20. The van der Waals surface area contributed by atoms with E-state index in [-0.39, 0.29) is 0 Å². The Balaban J connectivity index is 1.73. The molecule has 0 amide bonds. The average molecular weight is 287 g/mol. The summed E-state index contributed by atoms with van der Waals surface area (Å²) in [6.45, 7) is 0. The van der Waals surface area contributed by atoms with E-state index >= 15 is 0 Å². The van der Waals surface area contributed by atoms with Gasteiger partial charge in [0.05, 0.1) is 17.0 Å². The molecule has 5 nitrogen and oxygen atoms in total. The summed E-state index contributed by atoms with van der Waals surface area (Å²) in [6.07, 6.45) is 9.52. The van der Waals surface area contributed by atoms with Gasteiger partial charge in [-0.15, -0.1) is 0 Å². The van der Waals surface area contributed by atoms with E-state index in [1.54, 1.807) is 6.20 Å². The summed E-state index contributed by atoms with van der Waals surface area (Å²) in [6, 6.07) is 8.03. The molecule has 0 aliphatic heterocycles. The van der Waals surface area contributed by atoms with Crippen molar-refractivity contribution in [3.63, 3.8) is 0 Å². The van der Waals surface area contributed by atoms with Crippen molar-refractivity contribution in [2.24, 2.45) is 5.92 Å². The second kappa shape index (κ2) is 5.08. The zero-order chi connectivity index (χ0) is 14.9. The smallest absolute Gasteiger partial charge is 0.141 e. The largest absolute Gasteiger partial charge is 0.346 e. The molecule has 0 unspecified atom stereocenters. The maximum absolute atomic E-state index is 9.27.